The van der Waals surface area contributed by atoms with Gasteiger partial charge in [-0.3, -0.25) is 19.6 Å². The molecule has 12 heteroatoms. The maximum absolute atomic E-state index is 12.3. The fraction of sp³-hybridized carbons (Fsp3) is 0.176. The zero-order chi connectivity index (χ0) is 21.0. The molecule has 3 aromatic rings. The number of anilines is 2. The van der Waals surface area contributed by atoms with Gasteiger partial charge >= 0.3 is 0 Å². The highest BCUT2D eigenvalue weighted by Crippen LogP contribution is 2.28. The average Bonchev–Trinajstić information content (AvgIpc) is 3.13. The van der Waals surface area contributed by atoms with E-state index >= 15 is 0 Å². The highest BCUT2D eigenvalue weighted by atomic mass is 79.9. The van der Waals surface area contributed by atoms with Crippen LogP contribution in [0.15, 0.2) is 47.5 Å². The molecule has 0 bridgehead atoms. The molecule has 11 nitrogen and oxygen atoms in total. The Morgan fingerprint density at radius 3 is 2.83 bits per heavy atom. The minimum Gasteiger partial charge on any atom is -0.497 e. The summed E-state index contributed by atoms with van der Waals surface area (Å²) < 4.78 is 7.34. The van der Waals surface area contributed by atoms with Gasteiger partial charge in [-0.2, -0.15) is 5.10 Å². The summed E-state index contributed by atoms with van der Waals surface area (Å²) in [6.07, 6.45) is 5.60. The Labute approximate surface area is 173 Å². The average molecular weight is 462 g/mol. The molecule has 3 N–H and O–H groups in total. The lowest BCUT2D eigenvalue weighted by Gasteiger charge is -2.15. The highest BCUT2D eigenvalue weighted by molar-refractivity contribution is 9.10. The lowest BCUT2D eigenvalue weighted by atomic mass is 10.1. The SMILES string of the molecule is COc1cc(Br)cc(C(C[N+](=O)[O-])n2cc(NC(=O)c3nccnc3N)cn2)c1. The van der Waals surface area contributed by atoms with Crippen molar-refractivity contribution >= 4 is 33.3 Å². The van der Waals surface area contributed by atoms with E-state index in [9.17, 15) is 14.9 Å². The first-order chi connectivity index (χ1) is 13.9. The van der Waals surface area contributed by atoms with Gasteiger partial charge < -0.3 is 15.8 Å². The molecule has 0 saturated carbocycles. The Morgan fingerprint density at radius 2 is 2.14 bits per heavy atom. The van der Waals surface area contributed by atoms with Crippen molar-refractivity contribution in [2.45, 2.75) is 6.04 Å². The van der Waals surface area contributed by atoms with E-state index in [0.29, 0.717) is 21.5 Å². The Hall–Kier alpha value is -3.54. The Balaban J connectivity index is 1.88. The molecule has 1 atom stereocenters. The number of amides is 1. The van der Waals surface area contributed by atoms with Crippen LogP contribution in [-0.4, -0.2) is 44.2 Å². The van der Waals surface area contributed by atoms with Gasteiger partial charge in [-0.1, -0.05) is 15.9 Å². The third-order valence-electron chi connectivity index (χ3n) is 3.96. The van der Waals surface area contributed by atoms with Gasteiger partial charge in [0, 0.05) is 28.0 Å². The van der Waals surface area contributed by atoms with Crippen LogP contribution in [0.2, 0.25) is 0 Å². The largest absolute Gasteiger partial charge is 0.497 e. The van der Waals surface area contributed by atoms with Gasteiger partial charge in [-0.05, 0) is 23.8 Å². The Kier molecular flexibility index (Phi) is 6.02. The van der Waals surface area contributed by atoms with E-state index in [2.05, 4.69) is 36.3 Å². The monoisotopic (exact) mass is 461 g/mol. The molecule has 0 fully saturated rings. The lowest BCUT2D eigenvalue weighted by molar-refractivity contribution is -0.484. The quantitative estimate of drug-likeness (QED) is 0.400. The van der Waals surface area contributed by atoms with Crippen LogP contribution in [0.25, 0.3) is 0 Å². The third-order valence-corrected chi connectivity index (χ3v) is 4.41. The number of aromatic nitrogens is 4. The van der Waals surface area contributed by atoms with Gasteiger partial charge in [0.05, 0.1) is 19.0 Å². The van der Waals surface area contributed by atoms with Crippen molar-refractivity contribution in [1.82, 2.24) is 19.7 Å². The summed E-state index contributed by atoms with van der Waals surface area (Å²) in [7, 11) is 1.51. The number of rotatable bonds is 7. The third kappa shape index (κ3) is 4.85. The maximum Gasteiger partial charge on any atom is 0.278 e. The van der Waals surface area contributed by atoms with Crippen LogP contribution >= 0.6 is 15.9 Å². The van der Waals surface area contributed by atoms with Crippen LogP contribution in [0.1, 0.15) is 22.1 Å². The molecule has 1 aromatic carbocycles. The van der Waals surface area contributed by atoms with Crippen LogP contribution in [0.4, 0.5) is 11.5 Å². The highest BCUT2D eigenvalue weighted by Gasteiger charge is 2.23. The summed E-state index contributed by atoms with van der Waals surface area (Å²) in [4.78, 5) is 30.8. The topological polar surface area (TPSA) is 151 Å². The molecule has 2 aromatic heterocycles. The molecule has 0 saturated heterocycles. The molecule has 2 heterocycles. The molecule has 29 heavy (non-hydrogen) atoms. The number of hydrogen-bond donors (Lipinski definition) is 2. The number of nitrogen functional groups attached to an aromatic ring is 1. The fourth-order valence-electron chi connectivity index (χ4n) is 2.66. The smallest absolute Gasteiger partial charge is 0.278 e. The molecular weight excluding hydrogens is 446 g/mol. The van der Waals surface area contributed by atoms with Crippen molar-refractivity contribution in [1.29, 1.82) is 0 Å². The number of nitrogens with two attached hydrogens (primary N) is 1. The minimum absolute atomic E-state index is 0.00940. The number of carbonyl (C=O) groups excluding carboxylic acids is 1. The van der Waals surface area contributed by atoms with Crippen molar-refractivity contribution < 1.29 is 14.5 Å². The van der Waals surface area contributed by atoms with Gasteiger partial charge in [-0.15, -0.1) is 0 Å². The number of halogens is 1. The molecule has 0 aliphatic rings. The summed E-state index contributed by atoms with van der Waals surface area (Å²) in [5.74, 6) is -0.0310. The molecular formula is C17H16BrN7O4. The summed E-state index contributed by atoms with van der Waals surface area (Å²) in [5, 5.41) is 18.0. The summed E-state index contributed by atoms with van der Waals surface area (Å²) >= 11 is 3.37. The van der Waals surface area contributed by atoms with E-state index in [-0.39, 0.29) is 11.5 Å². The van der Waals surface area contributed by atoms with Gasteiger partial charge in [0.1, 0.15) is 11.8 Å². The summed E-state index contributed by atoms with van der Waals surface area (Å²) in [5.41, 5.74) is 6.57. The number of nitro groups is 1. The number of hydrogen-bond acceptors (Lipinski definition) is 8. The first kappa shape index (κ1) is 20.2. The molecule has 150 valence electrons. The van der Waals surface area contributed by atoms with Crippen LogP contribution in [0.3, 0.4) is 0 Å². The van der Waals surface area contributed by atoms with E-state index in [4.69, 9.17) is 10.5 Å². The van der Waals surface area contributed by atoms with E-state index in [1.165, 1.54) is 36.6 Å². The maximum atomic E-state index is 12.3. The number of ether oxygens (including phenoxy) is 1. The van der Waals surface area contributed by atoms with Crippen molar-refractivity contribution in [3.05, 3.63) is 68.8 Å². The predicted octanol–water partition coefficient (Wildman–Crippen LogP) is 2.14. The molecule has 3 rings (SSSR count). The van der Waals surface area contributed by atoms with E-state index < -0.39 is 23.4 Å². The summed E-state index contributed by atoms with van der Waals surface area (Å²) in [6.45, 7) is -0.411. The van der Waals surface area contributed by atoms with Crippen molar-refractivity contribution in [2.75, 3.05) is 24.7 Å². The lowest BCUT2D eigenvalue weighted by Crippen LogP contribution is -2.21. The second kappa shape index (κ2) is 8.65. The second-order valence-corrected chi connectivity index (χ2v) is 6.82. The zero-order valence-electron chi connectivity index (χ0n) is 15.2. The van der Waals surface area contributed by atoms with Crippen LogP contribution in [0.5, 0.6) is 5.75 Å². The number of carbonyl (C=O) groups is 1. The van der Waals surface area contributed by atoms with Gasteiger partial charge in [0.15, 0.2) is 11.5 Å². The second-order valence-electron chi connectivity index (χ2n) is 5.91. The molecule has 0 spiro atoms. The molecule has 0 radical (unpaired) electrons. The number of nitrogens with one attached hydrogen (secondary N) is 1. The van der Waals surface area contributed by atoms with Crippen LogP contribution in [0, 0.1) is 10.1 Å². The Morgan fingerprint density at radius 1 is 1.38 bits per heavy atom. The number of nitrogens with zero attached hydrogens (tertiary/aromatic N) is 5. The first-order valence-corrected chi connectivity index (χ1v) is 9.05. The van der Waals surface area contributed by atoms with Crippen molar-refractivity contribution in [3.63, 3.8) is 0 Å². The van der Waals surface area contributed by atoms with Crippen LogP contribution in [-0.2, 0) is 0 Å². The molecule has 0 aliphatic heterocycles. The molecule has 0 aliphatic carbocycles. The standard InChI is InChI=1S/C17H16BrN7O4/c1-29-13-5-10(4-11(18)6-13)14(9-25(27)28)24-8-12(7-22-24)23-17(26)15-16(19)21-3-2-20-15/h2-8,14H,9H2,1H3,(H2,19,21)(H,23,26). The normalized spacial score (nSPS) is 11.7. The van der Waals surface area contributed by atoms with Crippen molar-refractivity contribution in [2.24, 2.45) is 0 Å². The van der Waals surface area contributed by atoms with E-state index in [1.54, 1.807) is 18.2 Å². The summed E-state index contributed by atoms with van der Waals surface area (Å²) in [6, 6.07) is 4.46. The first-order valence-electron chi connectivity index (χ1n) is 8.25. The zero-order valence-corrected chi connectivity index (χ0v) is 16.7. The number of methoxy groups -OCH3 is 1. The van der Waals surface area contributed by atoms with Gasteiger partial charge in [0.25, 0.3) is 5.91 Å². The van der Waals surface area contributed by atoms with Crippen LogP contribution < -0.4 is 15.8 Å². The van der Waals surface area contributed by atoms with E-state index in [1.807, 2.05) is 0 Å². The minimum atomic E-state index is -0.719. The molecule has 1 amide bonds. The van der Waals surface area contributed by atoms with Gasteiger partial charge in [-0.25, -0.2) is 9.97 Å². The van der Waals surface area contributed by atoms with Crippen molar-refractivity contribution in [3.8, 4) is 5.75 Å². The fourth-order valence-corrected chi connectivity index (χ4v) is 3.15. The molecule has 1 unspecified atom stereocenters. The van der Waals surface area contributed by atoms with Gasteiger partial charge in [0.2, 0.25) is 6.54 Å². The number of benzene rings is 1. The van der Waals surface area contributed by atoms with E-state index in [0.717, 1.165) is 0 Å². The predicted molar refractivity (Wildman–Crippen MR) is 107 cm³/mol. The Bertz CT molecular complexity index is 1060.